The molecule has 26 heavy (non-hydrogen) atoms. The Morgan fingerprint density at radius 3 is 2.73 bits per heavy atom. The Kier molecular flexibility index (Phi) is 5.96. The lowest BCUT2D eigenvalue weighted by Crippen LogP contribution is -2.24. The summed E-state index contributed by atoms with van der Waals surface area (Å²) in [6.45, 7) is 3.12. The minimum Gasteiger partial charge on any atom is -0.497 e. The van der Waals surface area contributed by atoms with E-state index in [1.807, 2.05) is 41.8 Å². The van der Waals surface area contributed by atoms with Gasteiger partial charge in [0.25, 0.3) is 0 Å². The summed E-state index contributed by atoms with van der Waals surface area (Å²) in [5.74, 6) is 2.47. The first kappa shape index (κ1) is 18.1. The van der Waals surface area contributed by atoms with Gasteiger partial charge >= 0.3 is 0 Å². The molecule has 0 aliphatic carbocycles. The second-order valence-electron chi connectivity index (χ2n) is 5.42. The molecular formula is C18H20N4O3S. The van der Waals surface area contributed by atoms with E-state index in [2.05, 4.69) is 15.5 Å². The van der Waals surface area contributed by atoms with Crippen LogP contribution in [0.25, 0.3) is 11.4 Å². The van der Waals surface area contributed by atoms with Crippen LogP contribution in [0.1, 0.15) is 12.7 Å². The lowest BCUT2D eigenvalue weighted by atomic mass is 10.2. The number of amides is 1. The summed E-state index contributed by atoms with van der Waals surface area (Å²) in [6, 6.07) is 11.3. The van der Waals surface area contributed by atoms with Gasteiger partial charge in [0, 0.05) is 12.1 Å². The van der Waals surface area contributed by atoms with Crippen molar-refractivity contribution in [2.45, 2.75) is 25.2 Å². The zero-order chi connectivity index (χ0) is 18.4. The van der Waals surface area contributed by atoms with Gasteiger partial charge in [0.15, 0.2) is 11.0 Å². The lowest BCUT2D eigenvalue weighted by molar-refractivity contribution is -0.118. The lowest BCUT2D eigenvalue weighted by Gasteiger charge is -2.08. The molecule has 0 atom stereocenters. The Labute approximate surface area is 155 Å². The van der Waals surface area contributed by atoms with Crippen LogP contribution in [0.3, 0.4) is 0 Å². The Bertz CT molecular complexity index is 844. The van der Waals surface area contributed by atoms with Gasteiger partial charge in [-0.1, -0.05) is 11.8 Å². The number of thioether (sulfide) groups is 1. The molecule has 0 saturated carbocycles. The van der Waals surface area contributed by atoms with E-state index in [1.54, 1.807) is 19.4 Å². The van der Waals surface area contributed by atoms with Crippen LogP contribution < -0.4 is 10.1 Å². The van der Waals surface area contributed by atoms with E-state index in [9.17, 15) is 4.79 Å². The normalized spacial score (nSPS) is 10.7. The molecule has 136 valence electrons. The molecule has 1 N–H and O–H groups in total. The Hall–Kier alpha value is -2.74. The number of nitrogens with zero attached hydrogens (tertiary/aromatic N) is 3. The van der Waals surface area contributed by atoms with Crippen molar-refractivity contribution in [1.82, 2.24) is 20.1 Å². The summed E-state index contributed by atoms with van der Waals surface area (Å²) in [4.78, 5) is 12.0. The first-order chi connectivity index (χ1) is 12.7. The van der Waals surface area contributed by atoms with Crippen LogP contribution in [-0.2, 0) is 17.9 Å². The molecule has 0 saturated heterocycles. The summed E-state index contributed by atoms with van der Waals surface area (Å²) < 4.78 is 12.4. The third kappa shape index (κ3) is 4.26. The fourth-order valence-corrected chi connectivity index (χ4v) is 3.25. The van der Waals surface area contributed by atoms with Gasteiger partial charge in [-0.2, -0.15) is 0 Å². The number of carbonyl (C=O) groups excluding carboxylic acids is 1. The number of methoxy groups -OCH3 is 1. The monoisotopic (exact) mass is 372 g/mol. The van der Waals surface area contributed by atoms with Crippen molar-refractivity contribution >= 4 is 17.7 Å². The minimum atomic E-state index is -0.0805. The largest absolute Gasteiger partial charge is 0.497 e. The van der Waals surface area contributed by atoms with E-state index in [4.69, 9.17) is 9.15 Å². The number of ether oxygens (including phenoxy) is 1. The molecule has 0 aliphatic rings. The highest BCUT2D eigenvalue weighted by Crippen LogP contribution is 2.25. The average molecular weight is 372 g/mol. The number of furan rings is 1. The quantitative estimate of drug-likeness (QED) is 0.612. The van der Waals surface area contributed by atoms with Crippen molar-refractivity contribution in [3.05, 3.63) is 48.4 Å². The smallest absolute Gasteiger partial charge is 0.230 e. The van der Waals surface area contributed by atoms with Crippen molar-refractivity contribution in [1.29, 1.82) is 0 Å². The zero-order valence-electron chi connectivity index (χ0n) is 14.6. The maximum absolute atomic E-state index is 12.0. The summed E-state index contributed by atoms with van der Waals surface area (Å²) in [5, 5.41) is 12.0. The van der Waals surface area contributed by atoms with Crippen LogP contribution in [0.5, 0.6) is 5.75 Å². The van der Waals surface area contributed by atoms with Crippen LogP contribution in [0.4, 0.5) is 0 Å². The number of carbonyl (C=O) groups is 1. The number of hydrogen-bond donors (Lipinski definition) is 1. The third-order valence-corrected chi connectivity index (χ3v) is 4.72. The SMILES string of the molecule is CCn1c(SCC(=O)NCc2ccco2)nnc1-c1ccc(OC)cc1. The van der Waals surface area contributed by atoms with Gasteiger partial charge in [0.05, 0.1) is 25.7 Å². The predicted octanol–water partition coefficient (Wildman–Crippen LogP) is 2.98. The molecule has 3 rings (SSSR count). The molecule has 2 heterocycles. The first-order valence-corrected chi connectivity index (χ1v) is 9.19. The molecule has 1 aromatic carbocycles. The van der Waals surface area contributed by atoms with Crippen molar-refractivity contribution in [2.75, 3.05) is 12.9 Å². The van der Waals surface area contributed by atoms with Gasteiger partial charge in [0.1, 0.15) is 11.5 Å². The van der Waals surface area contributed by atoms with Gasteiger partial charge < -0.3 is 19.0 Å². The second kappa shape index (κ2) is 8.57. The number of rotatable bonds is 8. The van der Waals surface area contributed by atoms with Crippen LogP contribution in [0.2, 0.25) is 0 Å². The summed E-state index contributed by atoms with van der Waals surface area (Å²) in [7, 11) is 1.63. The maximum Gasteiger partial charge on any atom is 0.230 e. The Balaban J connectivity index is 1.63. The number of benzene rings is 1. The standard InChI is InChI=1S/C18H20N4O3S/c1-3-22-17(13-6-8-14(24-2)9-7-13)20-21-18(22)26-12-16(23)19-11-15-5-4-10-25-15/h4-10H,3,11-12H2,1-2H3,(H,19,23). The van der Waals surface area contributed by atoms with E-state index < -0.39 is 0 Å². The van der Waals surface area contributed by atoms with E-state index in [0.29, 0.717) is 18.2 Å². The molecule has 0 fully saturated rings. The van der Waals surface area contributed by atoms with E-state index >= 15 is 0 Å². The minimum absolute atomic E-state index is 0.0805. The van der Waals surface area contributed by atoms with Crippen LogP contribution >= 0.6 is 11.8 Å². The maximum atomic E-state index is 12.0. The zero-order valence-corrected chi connectivity index (χ0v) is 15.5. The van der Waals surface area contributed by atoms with Gasteiger partial charge in [-0.25, -0.2) is 0 Å². The van der Waals surface area contributed by atoms with E-state index in [-0.39, 0.29) is 11.7 Å². The average Bonchev–Trinajstić information content (AvgIpc) is 3.34. The number of nitrogens with one attached hydrogen (secondary N) is 1. The molecule has 7 nitrogen and oxygen atoms in total. The Morgan fingerprint density at radius 2 is 2.08 bits per heavy atom. The van der Waals surface area contributed by atoms with Crippen molar-refractivity contribution < 1.29 is 13.9 Å². The number of hydrogen-bond acceptors (Lipinski definition) is 6. The molecule has 0 unspecified atom stereocenters. The molecule has 8 heteroatoms. The van der Waals surface area contributed by atoms with Gasteiger partial charge in [-0.05, 0) is 43.3 Å². The fourth-order valence-electron chi connectivity index (χ4n) is 2.41. The van der Waals surface area contributed by atoms with Crippen LogP contribution in [0, 0.1) is 0 Å². The van der Waals surface area contributed by atoms with Gasteiger partial charge in [-0.15, -0.1) is 10.2 Å². The highest BCUT2D eigenvalue weighted by atomic mass is 32.2. The van der Waals surface area contributed by atoms with Crippen LogP contribution in [0.15, 0.2) is 52.2 Å². The molecule has 0 bridgehead atoms. The summed E-state index contributed by atoms with van der Waals surface area (Å²) in [5.41, 5.74) is 0.953. The van der Waals surface area contributed by atoms with E-state index in [0.717, 1.165) is 22.9 Å². The van der Waals surface area contributed by atoms with Gasteiger partial charge in [-0.3, -0.25) is 4.79 Å². The predicted molar refractivity (Wildman–Crippen MR) is 99.0 cm³/mol. The molecule has 0 aliphatic heterocycles. The molecule has 0 radical (unpaired) electrons. The molecular weight excluding hydrogens is 352 g/mol. The molecule has 1 amide bonds. The molecule has 0 spiro atoms. The first-order valence-electron chi connectivity index (χ1n) is 8.20. The summed E-state index contributed by atoms with van der Waals surface area (Å²) >= 11 is 1.36. The number of aromatic nitrogens is 3. The van der Waals surface area contributed by atoms with E-state index in [1.165, 1.54) is 11.8 Å². The fraction of sp³-hybridized carbons (Fsp3) is 0.278. The van der Waals surface area contributed by atoms with Crippen LogP contribution in [-0.4, -0.2) is 33.5 Å². The van der Waals surface area contributed by atoms with Crippen molar-refractivity contribution in [3.63, 3.8) is 0 Å². The third-order valence-electron chi connectivity index (χ3n) is 3.75. The Morgan fingerprint density at radius 1 is 1.27 bits per heavy atom. The van der Waals surface area contributed by atoms with Crippen molar-refractivity contribution in [2.24, 2.45) is 0 Å². The highest BCUT2D eigenvalue weighted by Gasteiger charge is 2.14. The topological polar surface area (TPSA) is 82.2 Å². The second-order valence-corrected chi connectivity index (χ2v) is 6.37. The molecule has 3 aromatic rings. The van der Waals surface area contributed by atoms with Crippen molar-refractivity contribution in [3.8, 4) is 17.1 Å². The van der Waals surface area contributed by atoms with Gasteiger partial charge in [0.2, 0.25) is 5.91 Å². The molecule has 2 aromatic heterocycles. The highest BCUT2D eigenvalue weighted by molar-refractivity contribution is 7.99. The summed E-state index contributed by atoms with van der Waals surface area (Å²) in [6.07, 6.45) is 1.58.